The molecule has 1 heterocycles. The van der Waals surface area contributed by atoms with Crippen molar-refractivity contribution in [1.82, 2.24) is 4.90 Å². The molecule has 0 radical (unpaired) electrons. The van der Waals surface area contributed by atoms with Crippen molar-refractivity contribution in [2.24, 2.45) is 0 Å². The maximum atomic E-state index is 12.7. The molecule has 35 heavy (non-hydrogen) atoms. The Hall–Kier alpha value is -2.24. The van der Waals surface area contributed by atoms with Crippen LogP contribution in [-0.2, 0) is 19.1 Å². The van der Waals surface area contributed by atoms with Gasteiger partial charge >= 0.3 is 5.97 Å². The van der Waals surface area contributed by atoms with E-state index < -0.39 is 29.6 Å². The average Bonchev–Trinajstić information content (AvgIpc) is 3.03. The van der Waals surface area contributed by atoms with Gasteiger partial charge in [-0.05, 0) is 76.6 Å². The summed E-state index contributed by atoms with van der Waals surface area (Å²) in [5.41, 5.74) is 0.836. The van der Waals surface area contributed by atoms with Crippen LogP contribution in [-0.4, -0.2) is 47.7 Å². The highest BCUT2D eigenvalue weighted by Gasteiger charge is 2.36. The van der Waals surface area contributed by atoms with Crippen molar-refractivity contribution in [2.75, 3.05) is 25.1 Å². The highest BCUT2D eigenvalue weighted by molar-refractivity contribution is 9.10. The summed E-state index contributed by atoms with van der Waals surface area (Å²) in [6, 6.07) is 7.74. The number of nitrogens with one attached hydrogen (secondary N) is 1. The molecule has 1 saturated heterocycles. The average molecular weight is 623 g/mol. The second-order valence-electron chi connectivity index (χ2n) is 6.85. The molecule has 0 aromatic heterocycles. The first-order valence-corrected chi connectivity index (χ1v) is 12.6. The number of amides is 3. The molecule has 0 atom stereocenters. The predicted molar refractivity (Wildman–Crippen MR) is 139 cm³/mol. The lowest BCUT2D eigenvalue weighted by molar-refractivity contribution is -0.145. The molecular weight excluding hydrogens is 607 g/mol. The number of esters is 1. The van der Waals surface area contributed by atoms with Gasteiger partial charge in [-0.2, -0.15) is 0 Å². The van der Waals surface area contributed by atoms with Crippen molar-refractivity contribution in [3.63, 3.8) is 0 Å². The molecular formula is C22H16BrCl3N2O6S. The number of benzene rings is 2. The zero-order valence-corrected chi connectivity index (χ0v) is 22.6. The van der Waals surface area contributed by atoms with E-state index >= 15 is 0 Å². The number of carbonyl (C=O) groups is 4. The van der Waals surface area contributed by atoms with Gasteiger partial charge in [0.05, 0.1) is 26.6 Å². The summed E-state index contributed by atoms with van der Waals surface area (Å²) < 4.78 is 10.8. The summed E-state index contributed by atoms with van der Waals surface area (Å²) in [6.07, 6.45) is 1.42. The van der Waals surface area contributed by atoms with Crippen LogP contribution in [0.15, 0.2) is 39.7 Å². The lowest BCUT2D eigenvalue weighted by Gasteiger charge is -2.13. The largest absolute Gasteiger partial charge is 0.479 e. The van der Waals surface area contributed by atoms with E-state index in [0.29, 0.717) is 32.5 Å². The van der Waals surface area contributed by atoms with Crippen LogP contribution in [0.5, 0.6) is 5.75 Å². The molecule has 0 unspecified atom stereocenters. The smallest absolute Gasteiger partial charge is 0.344 e. The fourth-order valence-corrected chi connectivity index (χ4v) is 4.72. The number of hydrogen-bond donors (Lipinski definition) is 1. The molecule has 2 aromatic carbocycles. The number of rotatable bonds is 8. The van der Waals surface area contributed by atoms with Crippen LogP contribution < -0.4 is 10.1 Å². The number of carbonyl (C=O) groups excluding carboxylic acids is 4. The van der Waals surface area contributed by atoms with E-state index in [1.807, 2.05) is 0 Å². The Morgan fingerprint density at radius 3 is 2.43 bits per heavy atom. The Bertz CT molecular complexity index is 1220. The van der Waals surface area contributed by atoms with E-state index in [4.69, 9.17) is 44.3 Å². The van der Waals surface area contributed by atoms with E-state index in [-0.39, 0.29) is 33.9 Å². The minimum atomic E-state index is -0.640. The molecule has 1 aliphatic heterocycles. The fraction of sp³-hybridized carbons (Fsp3) is 0.182. The Balaban J connectivity index is 1.69. The second-order valence-corrected chi connectivity index (χ2v) is 9.92. The molecule has 2 aromatic rings. The summed E-state index contributed by atoms with van der Waals surface area (Å²) in [6.45, 7) is 1.02. The van der Waals surface area contributed by atoms with Gasteiger partial charge in [0.2, 0.25) is 5.91 Å². The highest BCUT2D eigenvalue weighted by Crippen LogP contribution is 2.37. The number of hydrogen-bond acceptors (Lipinski definition) is 7. The quantitative estimate of drug-likeness (QED) is 0.284. The van der Waals surface area contributed by atoms with Crippen molar-refractivity contribution in [3.8, 4) is 5.75 Å². The lowest BCUT2D eigenvalue weighted by atomic mass is 10.2. The maximum absolute atomic E-state index is 12.7. The third kappa shape index (κ3) is 7.14. The molecule has 3 amide bonds. The predicted octanol–water partition coefficient (Wildman–Crippen LogP) is 6.03. The molecule has 0 aliphatic carbocycles. The van der Waals surface area contributed by atoms with Crippen LogP contribution in [0.3, 0.4) is 0 Å². The first kappa shape index (κ1) is 27.3. The van der Waals surface area contributed by atoms with Gasteiger partial charge < -0.3 is 14.8 Å². The molecule has 0 spiro atoms. The Kier molecular flexibility index (Phi) is 9.48. The number of thioether (sulfide) groups is 1. The van der Waals surface area contributed by atoms with Gasteiger partial charge in [-0.25, -0.2) is 4.79 Å². The summed E-state index contributed by atoms with van der Waals surface area (Å²) in [4.78, 5) is 49.9. The highest BCUT2D eigenvalue weighted by atomic mass is 79.9. The lowest BCUT2D eigenvalue weighted by Crippen LogP contribution is -2.36. The Labute approximate surface area is 228 Å². The number of nitrogens with zero attached hydrogens (tertiary/aromatic N) is 1. The van der Waals surface area contributed by atoms with E-state index in [2.05, 4.69) is 21.2 Å². The number of anilines is 1. The molecule has 13 heteroatoms. The molecule has 1 aliphatic rings. The van der Waals surface area contributed by atoms with Crippen molar-refractivity contribution < 1.29 is 28.7 Å². The molecule has 0 bridgehead atoms. The van der Waals surface area contributed by atoms with E-state index in [1.54, 1.807) is 19.1 Å². The van der Waals surface area contributed by atoms with Gasteiger partial charge in [-0.3, -0.25) is 19.3 Å². The van der Waals surface area contributed by atoms with Gasteiger partial charge in [-0.1, -0.05) is 34.8 Å². The van der Waals surface area contributed by atoms with Crippen molar-refractivity contribution in [1.29, 1.82) is 0 Å². The first-order chi connectivity index (χ1) is 16.6. The summed E-state index contributed by atoms with van der Waals surface area (Å²) in [5.74, 6) is -1.71. The zero-order valence-electron chi connectivity index (χ0n) is 17.9. The number of ether oxygens (including phenoxy) is 2. The molecule has 8 nitrogen and oxygen atoms in total. The van der Waals surface area contributed by atoms with Crippen LogP contribution in [0.4, 0.5) is 10.5 Å². The third-order valence-electron chi connectivity index (χ3n) is 4.34. The van der Waals surface area contributed by atoms with Crippen LogP contribution >= 0.6 is 62.5 Å². The van der Waals surface area contributed by atoms with Crippen molar-refractivity contribution in [2.45, 2.75) is 6.92 Å². The molecule has 3 rings (SSSR count). The van der Waals surface area contributed by atoms with Gasteiger partial charge in [-0.15, -0.1) is 0 Å². The minimum absolute atomic E-state index is 0.0800. The minimum Gasteiger partial charge on any atom is -0.479 e. The van der Waals surface area contributed by atoms with Crippen molar-refractivity contribution >= 4 is 97.3 Å². The molecule has 184 valence electrons. The zero-order chi connectivity index (χ0) is 25.7. The van der Waals surface area contributed by atoms with E-state index in [1.165, 1.54) is 24.3 Å². The van der Waals surface area contributed by atoms with Crippen LogP contribution in [0.1, 0.15) is 12.5 Å². The normalized spacial score (nSPS) is 14.4. The van der Waals surface area contributed by atoms with Crippen LogP contribution in [0, 0.1) is 0 Å². The molecule has 1 N–H and O–H groups in total. The Morgan fingerprint density at radius 1 is 1.11 bits per heavy atom. The molecule has 0 saturated carbocycles. The summed E-state index contributed by atoms with van der Waals surface area (Å²) >= 11 is 22.4. The van der Waals surface area contributed by atoms with E-state index in [9.17, 15) is 19.2 Å². The van der Waals surface area contributed by atoms with Gasteiger partial charge in [0, 0.05) is 10.2 Å². The fourth-order valence-electron chi connectivity index (χ4n) is 2.84. The number of imide groups is 1. The number of halogens is 4. The molecule has 1 fully saturated rings. The summed E-state index contributed by atoms with van der Waals surface area (Å²) in [7, 11) is 0. The van der Waals surface area contributed by atoms with E-state index in [0.717, 1.165) is 4.90 Å². The second kappa shape index (κ2) is 12.1. The first-order valence-electron chi connectivity index (χ1n) is 9.86. The third-order valence-corrected chi connectivity index (χ3v) is 7.04. The maximum Gasteiger partial charge on any atom is 0.344 e. The monoisotopic (exact) mass is 620 g/mol. The van der Waals surface area contributed by atoms with Gasteiger partial charge in [0.1, 0.15) is 6.54 Å². The Morgan fingerprint density at radius 2 is 1.80 bits per heavy atom. The standard InChI is InChI=1S/C22H16BrCl3N2O6S/c1-2-33-19(30)10-34-20-15(25)5-11(6-16(20)26)7-17-21(31)28(22(32)35-17)9-18(29)27-12-3-4-13(23)14(24)8-12/h3-8H,2,9-10H2,1H3,(H,27,29)/b17-7-. The summed E-state index contributed by atoms with van der Waals surface area (Å²) in [5, 5.41) is 2.58. The topological polar surface area (TPSA) is 102 Å². The van der Waals surface area contributed by atoms with Crippen LogP contribution in [0.2, 0.25) is 15.1 Å². The SMILES string of the molecule is CCOC(=O)COc1c(Cl)cc(/C=C2\SC(=O)N(CC(=O)Nc3ccc(Br)c(Cl)c3)C2=O)cc1Cl. The van der Waals surface area contributed by atoms with Gasteiger partial charge in [0.25, 0.3) is 11.1 Å². The van der Waals surface area contributed by atoms with Crippen molar-refractivity contribution in [3.05, 3.63) is 60.3 Å². The van der Waals surface area contributed by atoms with Crippen LogP contribution in [0.25, 0.3) is 6.08 Å². The van der Waals surface area contributed by atoms with Gasteiger partial charge in [0.15, 0.2) is 12.4 Å².